The third-order valence-corrected chi connectivity index (χ3v) is 2.97. The van der Waals surface area contributed by atoms with Crippen molar-refractivity contribution in [1.29, 1.82) is 0 Å². The number of ether oxygens (including phenoxy) is 1. The van der Waals surface area contributed by atoms with E-state index in [9.17, 15) is 5.11 Å². The van der Waals surface area contributed by atoms with Gasteiger partial charge in [0.1, 0.15) is 5.75 Å². The van der Waals surface area contributed by atoms with Gasteiger partial charge in [-0.05, 0) is 39.4 Å². The maximum atomic E-state index is 9.24. The fourth-order valence-electron chi connectivity index (χ4n) is 1.49. The van der Waals surface area contributed by atoms with E-state index in [1.165, 1.54) is 0 Å². The molecule has 0 fully saturated rings. The third-order valence-electron chi connectivity index (χ3n) is 2.35. The van der Waals surface area contributed by atoms with Crippen LogP contribution >= 0.6 is 15.9 Å². The summed E-state index contributed by atoms with van der Waals surface area (Å²) in [4.78, 5) is 0. The first-order valence-corrected chi connectivity index (χ1v) is 5.72. The number of methoxy groups -OCH3 is 1. The molecule has 84 valence electrons. The Balaban J connectivity index is 2.99. The lowest BCUT2D eigenvalue weighted by atomic mass is 9.86. The van der Waals surface area contributed by atoms with Crippen molar-refractivity contribution in [2.45, 2.75) is 20.3 Å². The minimum absolute atomic E-state index is 0.117. The highest BCUT2D eigenvalue weighted by Gasteiger charge is 2.20. The van der Waals surface area contributed by atoms with Gasteiger partial charge < -0.3 is 9.84 Å². The van der Waals surface area contributed by atoms with Crippen LogP contribution < -0.4 is 4.74 Å². The van der Waals surface area contributed by atoms with Gasteiger partial charge in [-0.2, -0.15) is 0 Å². The smallest absolute Gasteiger partial charge is 0.136 e. The zero-order valence-electron chi connectivity index (χ0n) is 9.38. The van der Waals surface area contributed by atoms with Crippen LogP contribution in [0.2, 0.25) is 0 Å². The molecule has 1 rings (SSSR count). The number of aliphatic hydroxyl groups excluding tert-OH is 1. The van der Waals surface area contributed by atoms with E-state index in [2.05, 4.69) is 15.9 Å². The van der Waals surface area contributed by atoms with Crippen molar-refractivity contribution in [2.75, 3.05) is 13.7 Å². The van der Waals surface area contributed by atoms with Crippen LogP contribution in [0.1, 0.15) is 19.4 Å². The maximum Gasteiger partial charge on any atom is 0.136 e. The van der Waals surface area contributed by atoms with E-state index in [0.29, 0.717) is 0 Å². The summed E-state index contributed by atoms with van der Waals surface area (Å²) in [6.45, 7) is 4.24. The first kappa shape index (κ1) is 12.5. The second-order valence-corrected chi connectivity index (χ2v) is 5.29. The minimum Gasteiger partial charge on any atom is -0.495 e. The predicted molar refractivity (Wildman–Crippen MR) is 65.3 cm³/mol. The van der Waals surface area contributed by atoms with Crippen LogP contribution in [0.5, 0.6) is 5.75 Å². The Kier molecular flexibility index (Phi) is 4.17. The molecule has 0 atom stereocenters. The predicted octanol–water partition coefficient (Wildman–Crippen LogP) is 3.02. The topological polar surface area (TPSA) is 29.5 Å². The van der Waals surface area contributed by atoms with Crippen molar-refractivity contribution < 1.29 is 9.84 Å². The molecule has 0 aliphatic rings. The average molecular weight is 273 g/mol. The van der Waals surface area contributed by atoms with Crippen molar-refractivity contribution in [2.24, 2.45) is 5.41 Å². The Morgan fingerprint density at radius 3 is 2.60 bits per heavy atom. The highest BCUT2D eigenvalue weighted by atomic mass is 79.9. The van der Waals surface area contributed by atoms with E-state index in [-0.39, 0.29) is 12.0 Å². The summed E-state index contributed by atoms with van der Waals surface area (Å²) in [6.07, 6.45) is 0.798. The Hall–Kier alpha value is -0.540. The molecule has 0 aromatic heterocycles. The number of para-hydroxylation sites is 1. The van der Waals surface area contributed by atoms with E-state index >= 15 is 0 Å². The van der Waals surface area contributed by atoms with Crippen molar-refractivity contribution in [3.8, 4) is 5.75 Å². The number of hydrogen-bond donors (Lipinski definition) is 1. The van der Waals surface area contributed by atoms with Crippen LogP contribution in [0.15, 0.2) is 22.7 Å². The molecule has 1 aromatic rings. The van der Waals surface area contributed by atoms with Gasteiger partial charge in [-0.25, -0.2) is 0 Å². The largest absolute Gasteiger partial charge is 0.495 e. The average Bonchev–Trinajstić information content (AvgIpc) is 2.18. The SMILES string of the molecule is COc1c(Br)cccc1CC(C)(C)CO. The molecule has 0 saturated carbocycles. The molecule has 0 radical (unpaired) electrons. The van der Waals surface area contributed by atoms with Gasteiger partial charge in [-0.3, -0.25) is 0 Å². The molecule has 2 nitrogen and oxygen atoms in total. The Bertz CT molecular complexity index is 334. The van der Waals surface area contributed by atoms with Gasteiger partial charge in [0, 0.05) is 6.61 Å². The number of halogens is 1. The van der Waals surface area contributed by atoms with Gasteiger partial charge >= 0.3 is 0 Å². The Morgan fingerprint density at radius 2 is 2.07 bits per heavy atom. The lowest BCUT2D eigenvalue weighted by Crippen LogP contribution is -2.20. The molecule has 0 aliphatic heterocycles. The summed E-state index contributed by atoms with van der Waals surface area (Å²) in [6, 6.07) is 5.96. The van der Waals surface area contributed by atoms with Crippen LogP contribution in [0.3, 0.4) is 0 Å². The standard InChI is InChI=1S/C12H17BrO2/c1-12(2,8-14)7-9-5-4-6-10(13)11(9)15-3/h4-6,14H,7-8H2,1-3H3. The molecule has 0 aliphatic carbocycles. The first-order valence-electron chi connectivity index (χ1n) is 4.92. The maximum absolute atomic E-state index is 9.24. The monoisotopic (exact) mass is 272 g/mol. The Labute approximate surface area is 99.4 Å². The summed E-state index contributed by atoms with van der Waals surface area (Å²) in [7, 11) is 1.66. The van der Waals surface area contributed by atoms with Gasteiger partial charge in [0.2, 0.25) is 0 Å². The van der Waals surface area contributed by atoms with Crippen LogP contribution in [-0.2, 0) is 6.42 Å². The first-order chi connectivity index (χ1) is 7.00. The second-order valence-electron chi connectivity index (χ2n) is 4.43. The summed E-state index contributed by atoms with van der Waals surface area (Å²) < 4.78 is 6.29. The fraction of sp³-hybridized carbons (Fsp3) is 0.500. The normalized spacial score (nSPS) is 11.5. The number of aliphatic hydroxyl groups is 1. The molecule has 0 saturated heterocycles. The van der Waals surface area contributed by atoms with Gasteiger partial charge in [0.25, 0.3) is 0 Å². The Morgan fingerprint density at radius 1 is 1.40 bits per heavy atom. The van der Waals surface area contributed by atoms with Crippen molar-refractivity contribution in [3.63, 3.8) is 0 Å². The molecule has 0 amide bonds. The minimum atomic E-state index is -0.117. The zero-order valence-corrected chi connectivity index (χ0v) is 11.0. The number of benzene rings is 1. The quantitative estimate of drug-likeness (QED) is 0.913. The summed E-state index contributed by atoms with van der Waals surface area (Å²) >= 11 is 3.45. The molecule has 1 N–H and O–H groups in total. The van der Waals surface area contributed by atoms with E-state index in [1.54, 1.807) is 7.11 Å². The lowest BCUT2D eigenvalue weighted by Gasteiger charge is -2.23. The molecule has 3 heteroatoms. The van der Waals surface area contributed by atoms with E-state index < -0.39 is 0 Å². The summed E-state index contributed by atoms with van der Waals surface area (Å²) in [5, 5.41) is 9.24. The molecule has 15 heavy (non-hydrogen) atoms. The van der Waals surface area contributed by atoms with Crippen LogP contribution in [0.4, 0.5) is 0 Å². The van der Waals surface area contributed by atoms with Gasteiger partial charge in [0.05, 0.1) is 11.6 Å². The van der Waals surface area contributed by atoms with Crippen LogP contribution in [-0.4, -0.2) is 18.8 Å². The van der Waals surface area contributed by atoms with Crippen molar-refractivity contribution in [3.05, 3.63) is 28.2 Å². The zero-order chi connectivity index (χ0) is 11.5. The van der Waals surface area contributed by atoms with Gasteiger partial charge in [0.15, 0.2) is 0 Å². The molecule has 0 spiro atoms. The fourth-order valence-corrected chi connectivity index (χ4v) is 2.06. The molecule has 0 unspecified atom stereocenters. The molecular weight excluding hydrogens is 256 g/mol. The third kappa shape index (κ3) is 3.21. The number of rotatable bonds is 4. The van der Waals surface area contributed by atoms with E-state index in [4.69, 9.17) is 4.74 Å². The highest BCUT2D eigenvalue weighted by Crippen LogP contribution is 2.33. The molecular formula is C12H17BrO2. The molecule has 0 bridgehead atoms. The molecule has 0 heterocycles. The lowest BCUT2D eigenvalue weighted by molar-refractivity contribution is 0.159. The second kappa shape index (κ2) is 4.99. The van der Waals surface area contributed by atoms with E-state index in [0.717, 1.165) is 22.2 Å². The van der Waals surface area contributed by atoms with Crippen molar-refractivity contribution >= 4 is 15.9 Å². The van der Waals surface area contributed by atoms with Gasteiger partial charge in [-0.1, -0.05) is 26.0 Å². The summed E-state index contributed by atoms with van der Waals surface area (Å²) in [5.74, 6) is 0.860. The molecule has 1 aromatic carbocycles. The van der Waals surface area contributed by atoms with Crippen molar-refractivity contribution in [1.82, 2.24) is 0 Å². The highest BCUT2D eigenvalue weighted by molar-refractivity contribution is 9.10. The van der Waals surface area contributed by atoms with Crippen LogP contribution in [0.25, 0.3) is 0 Å². The van der Waals surface area contributed by atoms with Gasteiger partial charge in [-0.15, -0.1) is 0 Å². The summed E-state index contributed by atoms with van der Waals surface area (Å²) in [5.41, 5.74) is 1.000. The van der Waals surface area contributed by atoms with E-state index in [1.807, 2.05) is 32.0 Å². The number of hydrogen-bond acceptors (Lipinski definition) is 2. The van der Waals surface area contributed by atoms with Crippen LogP contribution in [0, 0.1) is 5.41 Å².